The summed E-state index contributed by atoms with van der Waals surface area (Å²) in [4.78, 5) is 10.1. The molecule has 0 amide bonds. The molecule has 20 heavy (non-hydrogen) atoms. The smallest absolute Gasteiger partial charge is 0.269 e. The van der Waals surface area contributed by atoms with Crippen LogP contribution in [0.5, 0.6) is 5.75 Å². The topological polar surface area (TPSA) is 72.6 Å². The van der Waals surface area contributed by atoms with Gasteiger partial charge in [0.15, 0.2) is 0 Å². The van der Waals surface area contributed by atoms with Crippen molar-refractivity contribution in [3.63, 3.8) is 0 Å². The van der Waals surface area contributed by atoms with Gasteiger partial charge in [0.05, 0.1) is 4.92 Å². The summed E-state index contributed by atoms with van der Waals surface area (Å²) in [7, 11) is 0. The van der Waals surface area contributed by atoms with E-state index in [1.165, 1.54) is 12.1 Å². The van der Waals surface area contributed by atoms with Crippen LogP contribution >= 0.6 is 0 Å². The fraction of sp³-hybridized carbons (Fsp3) is 0.200. The number of aliphatic hydroxyl groups is 1. The predicted octanol–water partition coefficient (Wildman–Crippen LogP) is 2.71. The van der Waals surface area contributed by atoms with Crippen molar-refractivity contribution < 1.29 is 14.8 Å². The van der Waals surface area contributed by atoms with Gasteiger partial charge in [0, 0.05) is 18.7 Å². The van der Waals surface area contributed by atoms with Crippen LogP contribution in [0.1, 0.15) is 11.1 Å². The molecule has 0 bridgehead atoms. The summed E-state index contributed by atoms with van der Waals surface area (Å²) < 4.78 is 5.59. The Kier molecular flexibility index (Phi) is 4.68. The van der Waals surface area contributed by atoms with Crippen molar-refractivity contribution in [2.75, 3.05) is 6.61 Å². The van der Waals surface area contributed by atoms with Gasteiger partial charge in [-0.2, -0.15) is 0 Å². The van der Waals surface area contributed by atoms with Gasteiger partial charge in [-0.15, -0.1) is 0 Å². The molecule has 0 atom stereocenters. The summed E-state index contributed by atoms with van der Waals surface area (Å²) in [5, 5.41) is 19.4. The van der Waals surface area contributed by atoms with Crippen molar-refractivity contribution in [1.29, 1.82) is 0 Å². The molecule has 0 heterocycles. The van der Waals surface area contributed by atoms with Crippen molar-refractivity contribution in [2.24, 2.45) is 0 Å². The van der Waals surface area contributed by atoms with Crippen molar-refractivity contribution >= 4 is 5.69 Å². The van der Waals surface area contributed by atoms with Crippen molar-refractivity contribution in [1.82, 2.24) is 0 Å². The van der Waals surface area contributed by atoms with Crippen LogP contribution in [-0.4, -0.2) is 16.6 Å². The van der Waals surface area contributed by atoms with Crippen LogP contribution in [0.4, 0.5) is 5.69 Å². The van der Waals surface area contributed by atoms with Gasteiger partial charge in [-0.1, -0.05) is 12.1 Å². The number of non-ortho nitro benzene ring substituents is 1. The van der Waals surface area contributed by atoms with E-state index in [2.05, 4.69) is 0 Å². The molecule has 0 aliphatic heterocycles. The van der Waals surface area contributed by atoms with E-state index in [1.807, 2.05) is 24.3 Å². The van der Waals surface area contributed by atoms with Crippen molar-refractivity contribution in [2.45, 2.75) is 13.0 Å². The zero-order valence-corrected chi connectivity index (χ0v) is 10.9. The third-order valence-corrected chi connectivity index (χ3v) is 2.88. The monoisotopic (exact) mass is 273 g/mol. The average molecular weight is 273 g/mol. The second-order valence-corrected chi connectivity index (χ2v) is 4.33. The molecule has 5 nitrogen and oxygen atoms in total. The summed E-state index contributed by atoms with van der Waals surface area (Å²) in [6, 6.07) is 13.8. The van der Waals surface area contributed by atoms with Gasteiger partial charge < -0.3 is 9.84 Å². The lowest BCUT2D eigenvalue weighted by Crippen LogP contribution is -1.96. The first-order valence-corrected chi connectivity index (χ1v) is 6.25. The number of ether oxygens (including phenoxy) is 1. The Labute approximate surface area is 116 Å². The lowest BCUT2D eigenvalue weighted by atomic mass is 10.1. The Morgan fingerprint density at radius 1 is 1.00 bits per heavy atom. The average Bonchev–Trinajstić information content (AvgIpc) is 2.47. The van der Waals surface area contributed by atoms with E-state index in [0.717, 1.165) is 16.9 Å². The van der Waals surface area contributed by atoms with E-state index in [4.69, 9.17) is 9.84 Å². The first-order valence-electron chi connectivity index (χ1n) is 6.25. The second-order valence-electron chi connectivity index (χ2n) is 4.33. The van der Waals surface area contributed by atoms with Crippen LogP contribution in [0, 0.1) is 10.1 Å². The maximum atomic E-state index is 10.5. The zero-order valence-electron chi connectivity index (χ0n) is 10.9. The Bertz CT molecular complexity index is 563. The molecule has 2 aromatic carbocycles. The van der Waals surface area contributed by atoms with E-state index < -0.39 is 4.92 Å². The molecular formula is C15H15NO4. The first-order chi connectivity index (χ1) is 9.69. The standard InChI is InChI=1S/C15H15NO4/c17-10-9-12-3-7-15(8-4-12)20-11-13-1-5-14(6-2-13)16(18)19/h1-8,17H,9-11H2. The third kappa shape index (κ3) is 3.80. The minimum atomic E-state index is -0.426. The minimum Gasteiger partial charge on any atom is -0.489 e. The number of rotatable bonds is 6. The van der Waals surface area contributed by atoms with E-state index in [-0.39, 0.29) is 12.3 Å². The maximum absolute atomic E-state index is 10.5. The molecule has 0 aliphatic rings. The largest absolute Gasteiger partial charge is 0.489 e. The summed E-state index contributed by atoms with van der Waals surface area (Å²) in [6.45, 7) is 0.486. The van der Waals surface area contributed by atoms with Gasteiger partial charge in [-0.05, 0) is 41.8 Å². The number of nitrogens with zero attached hydrogens (tertiary/aromatic N) is 1. The van der Waals surface area contributed by atoms with Crippen LogP contribution in [0.2, 0.25) is 0 Å². The molecule has 5 heteroatoms. The van der Waals surface area contributed by atoms with Crippen molar-refractivity contribution in [3.05, 3.63) is 69.8 Å². The molecule has 0 radical (unpaired) electrons. The quantitative estimate of drug-likeness (QED) is 0.648. The number of nitro groups is 1. The third-order valence-electron chi connectivity index (χ3n) is 2.88. The first kappa shape index (κ1) is 14.0. The maximum Gasteiger partial charge on any atom is 0.269 e. The highest BCUT2D eigenvalue weighted by Crippen LogP contribution is 2.16. The molecular weight excluding hydrogens is 258 g/mol. The van der Waals surface area contributed by atoms with Gasteiger partial charge in [0.25, 0.3) is 5.69 Å². The summed E-state index contributed by atoms with van der Waals surface area (Å²) >= 11 is 0. The Morgan fingerprint density at radius 3 is 2.15 bits per heavy atom. The zero-order chi connectivity index (χ0) is 14.4. The number of aliphatic hydroxyl groups excluding tert-OH is 1. The molecule has 2 aromatic rings. The molecule has 2 rings (SSSR count). The Morgan fingerprint density at radius 2 is 1.60 bits per heavy atom. The minimum absolute atomic E-state index is 0.0714. The van der Waals surface area contributed by atoms with Gasteiger partial charge in [0.2, 0.25) is 0 Å². The Balaban J connectivity index is 1.92. The van der Waals surface area contributed by atoms with E-state index >= 15 is 0 Å². The highest BCUT2D eigenvalue weighted by atomic mass is 16.6. The summed E-state index contributed by atoms with van der Waals surface area (Å²) in [5.41, 5.74) is 1.99. The molecule has 0 fully saturated rings. The van der Waals surface area contributed by atoms with E-state index in [9.17, 15) is 10.1 Å². The summed E-state index contributed by atoms with van der Waals surface area (Å²) in [6.07, 6.45) is 0.628. The predicted molar refractivity (Wildman–Crippen MR) is 74.7 cm³/mol. The summed E-state index contributed by atoms with van der Waals surface area (Å²) in [5.74, 6) is 0.727. The van der Waals surface area contributed by atoms with Crippen molar-refractivity contribution in [3.8, 4) is 5.75 Å². The molecule has 0 saturated carbocycles. The van der Waals surface area contributed by atoms with Crippen LogP contribution in [0.15, 0.2) is 48.5 Å². The van der Waals surface area contributed by atoms with Crippen LogP contribution in [0.3, 0.4) is 0 Å². The van der Waals surface area contributed by atoms with Gasteiger partial charge in [-0.3, -0.25) is 10.1 Å². The van der Waals surface area contributed by atoms with Gasteiger partial charge in [-0.25, -0.2) is 0 Å². The fourth-order valence-electron chi connectivity index (χ4n) is 1.76. The molecule has 104 valence electrons. The molecule has 1 N–H and O–H groups in total. The van der Waals surface area contributed by atoms with Gasteiger partial charge in [0.1, 0.15) is 12.4 Å². The van der Waals surface area contributed by atoms with Gasteiger partial charge >= 0.3 is 0 Å². The highest BCUT2D eigenvalue weighted by molar-refractivity contribution is 5.33. The molecule has 0 aromatic heterocycles. The second kappa shape index (κ2) is 6.68. The number of nitro benzene ring substituents is 1. The lowest BCUT2D eigenvalue weighted by molar-refractivity contribution is -0.384. The van der Waals surface area contributed by atoms with E-state index in [0.29, 0.717) is 13.0 Å². The molecule has 0 aliphatic carbocycles. The molecule has 0 spiro atoms. The highest BCUT2D eigenvalue weighted by Gasteiger charge is 2.04. The normalized spacial score (nSPS) is 10.2. The number of hydrogen-bond donors (Lipinski definition) is 1. The van der Waals surface area contributed by atoms with Crippen LogP contribution in [0.25, 0.3) is 0 Å². The van der Waals surface area contributed by atoms with E-state index in [1.54, 1.807) is 12.1 Å². The van der Waals surface area contributed by atoms with Crippen LogP contribution in [-0.2, 0) is 13.0 Å². The fourth-order valence-corrected chi connectivity index (χ4v) is 1.76. The Hall–Kier alpha value is -2.40. The number of hydrogen-bond acceptors (Lipinski definition) is 4. The number of benzene rings is 2. The molecule has 0 saturated heterocycles. The van der Waals surface area contributed by atoms with Crippen LogP contribution < -0.4 is 4.74 Å². The molecule has 0 unspecified atom stereocenters. The lowest BCUT2D eigenvalue weighted by Gasteiger charge is -2.07. The SMILES string of the molecule is O=[N+]([O-])c1ccc(COc2ccc(CCO)cc2)cc1.